The van der Waals surface area contributed by atoms with Gasteiger partial charge in [0.05, 0.1) is 29.0 Å². The lowest BCUT2D eigenvalue weighted by molar-refractivity contribution is -0.384. The maximum Gasteiger partial charge on any atom is 0.329 e. The lowest BCUT2D eigenvalue weighted by Crippen LogP contribution is -2.33. The quantitative estimate of drug-likeness (QED) is 0.197. The number of amides is 3. The van der Waals surface area contributed by atoms with Crippen LogP contribution >= 0.6 is 0 Å². The number of nitrogens with zero attached hydrogens (tertiary/aromatic N) is 2. The van der Waals surface area contributed by atoms with Crippen molar-refractivity contribution < 1.29 is 24.0 Å². The second-order valence-electron chi connectivity index (χ2n) is 6.96. The minimum Gasteiger partial charge on any atom is -0.494 e. The van der Waals surface area contributed by atoms with Gasteiger partial charge in [-0.25, -0.2) is 5.43 Å². The first-order valence-electron chi connectivity index (χ1n) is 10.4. The zero-order valence-corrected chi connectivity index (χ0v) is 18.6. The Balaban J connectivity index is 1.62. The molecular weight excluding hydrogens is 454 g/mol. The van der Waals surface area contributed by atoms with Crippen molar-refractivity contribution in [3.63, 3.8) is 0 Å². The van der Waals surface area contributed by atoms with E-state index in [-0.39, 0.29) is 16.9 Å². The topological polar surface area (TPSA) is 152 Å². The number of nitro groups is 1. The zero-order chi connectivity index (χ0) is 25.2. The molecule has 35 heavy (non-hydrogen) atoms. The largest absolute Gasteiger partial charge is 0.494 e. The summed E-state index contributed by atoms with van der Waals surface area (Å²) in [7, 11) is 0. The zero-order valence-electron chi connectivity index (χ0n) is 18.6. The van der Waals surface area contributed by atoms with Crippen molar-refractivity contribution in [1.29, 1.82) is 0 Å². The van der Waals surface area contributed by atoms with Crippen LogP contribution in [0.2, 0.25) is 0 Å². The number of nitrogens with one attached hydrogen (secondary N) is 3. The van der Waals surface area contributed by atoms with Crippen LogP contribution < -0.4 is 20.8 Å². The molecular formula is C24H21N5O6. The third-order valence-electron chi connectivity index (χ3n) is 4.51. The number of carbonyl (C=O) groups is 3. The van der Waals surface area contributed by atoms with E-state index in [0.29, 0.717) is 23.6 Å². The minimum absolute atomic E-state index is 0.124. The molecule has 0 saturated carbocycles. The van der Waals surface area contributed by atoms with Crippen LogP contribution in [0.3, 0.4) is 0 Å². The van der Waals surface area contributed by atoms with Crippen LogP contribution in [0.25, 0.3) is 0 Å². The summed E-state index contributed by atoms with van der Waals surface area (Å²) in [6, 6.07) is 18.5. The van der Waals surface area contributed by atoms with Gasteiger partial charge in [-0.15, -0.1) is 0 Å². The molecule has 3 amide bonds. The molecule has 0 aliphatic carbocycles. The summed E-state index contributed by atoms with van der Waals surface area (Å²) in [6.07, 6.45) is 1.16. The summed E-state index contributed by atoms with van der Waals surface area (Å²) in [5.74, 6) is -1.97. The van der Waals surface area contributed by atoms with Gasteiger partial charge >= 0.3 is 11.8 Å². The van der Waals surface area contributed by atoms with Gasteiger partial charge in [-0.1, -0.05) is 24.3 Å². The first-order chi connectivity index (χ1) is 16.9. The van der Waals surface area contributed by atoms with E-state index in [1.807, 2.05) is 12.3 Å². The average Bonchev–Trinajstić information content (AvgIpc) is 2.85. The Labute approximate surface area is 200 Å². The lowest BCUT2D eigenvalue weighted by Gasteiger charge is -2.11. The molecule has 0 unspecified atom stereocenters. The Morgan fingerprint density at radius 2 is 1.71 bits per heavy atom. The van der Waals surface area contributed by atoms with Gasteiger partial charge in [0, 0.05) is 23.4 Å². The van der Waals surface area contributed by atoms with Crippen molar-refractivity contribution in [1.82, 2.24) is 5.43 Å². The van der Waals surface area contributed by atoms with Crippen molar-refractivity contribution in [2.45, 2.75) is 6.92 Å². The van der Waals surface area contributed by atoms with Gasteiger partial charge in [0.2, 0.25) is 0 Å². The number of non-ortho nitro benzene ring substituents is 1. The highest BCUT2D eigenvalue weighted by Gasteiger charge is 2.18. The summed E-state index contributed by atoms with van der Waals surface area (Å²) in [5.41, 5.74) is 3.04. The highest BCUT2D eigenvalue weighted by Crippen LogP contribution is 2.20. The number of hydrazone groups is 1. The van der Waals surface area contributed by atoms with Crippen LogP contribution in [0, 0.1) is 10.1 Å². The van der Waals surface area contributed by atoms with Crippen LogP contribution in [-0.2, 0) is 9.59 Å². The molecule has 0 aromatic heterocycles. The molecule has 0 bridgehead atoms. The molecule has 3 rings (SSSR count). The van der Waals surface area contributed by atoms with Gasteiger partial charge in [0.25, 0.3) is 11.6 Å². The molecule has 0 saturated heterocycles. The summed E-state index contributed by atoms with van der Waals surface area (Å²) in [4.78, 5) is 47.4. The van der Waals surface area contributed by atoms with Gasteiger partial charge in [-0.2, -0.15) is 5.10 Å². The molecule has 3 N–H and O–H groups in total. The molecule has 11 nitrogen and oxygen atoms in total. The fourth-order valence-corrected chi connectivity index (χ4v) is 2.90. The van der Waals surface area contributed by atoms with Gasteiger partial charge in [-0.3, -0.25) is 24.5 Å². The van der Waals surface area contributed by atoms with Gasteiger partial charge in [0.15, 0.2) is 0 Å². The molecule has 11 heteroatoms. The SMILES string of the molecule is CCOc1ccc(NC(=O)c2ccccc2NC(=O)C(=O)NN=Cc2cccc([N+](=O)[O-])c2)cc1. The maximum atomic E-state index is 12.7. The van der Waals surface area contributed by atoms with E-state index < -0.39 is 22.6 Å². The number of nitro benzene ring substituents is 1. The third kappa shape index (κ3) is 6.96. The minimum atomic E-state index is -1.09. The Bertz CT molecular complexity index is 1270. The van der Waals surface area contributed by atoms with Crippen LogP contribution in [-0.4, -0.2) is 35.5 Å². The molecule has 0 fully saturated rings. The molecule has 0 atom stereocenters. The molecule has 0 spiro atoms. The molecule has 3 aromatic carbocycles. The van der Waals surface area contributed by atoms with Crippen molar-refractivity contribution >= 4 is 41.0 Å². The van der Waals surface area contributed by atoms with E-state index in [0.717, 1.165) is 6.21 Å². The van der Waals surface area contributed by atoms with Crippen LogP contribution in [0.4, 0.5) is 17.1 Å². The third-order valence-corrected chi connectivity index (χ3v) is 4.51. The summed E-state index contributed by atoms with van der Waals surface area (Å²) in [5, 5.41) is 19.6. The van der Waals surface area contributed by atoms with Gasteiger partial charge in [0.1, 0.15) is 5.75 Å². The number of anilines is 2. The van der Waals surface area contributed by atoms with E-state index in [2.05, 4.69) is 15.7 Å². The Kier molecular flexibility index (Phi) is 8.22. The number of carbonyl (C=O) groups excluding carboxylic acids is 3. The smallest absolute Gasteiger partial charge is 0.329 e. The molecule has 178 valence electrons. The van der Waals surface area contributed by atoms with Crippen LogP contribution in [0.15, 0.2) is 77.9 Å². The van der Waals surface area contributed by atoms with E-state index >= 15 is 0 Å². The van der Waals surface area contributed by atoms with E-state index in [4.69, 9.17) is 4.74 Å². The summed E-state index contributed by atoms with van der Waals surface area (Å²) in [6.45, 7) is 2.39. The highest BCUT2D eigenvalue weighted by molar-refractivity contribution is 6.40. The fraction of sp³-hybridized carbons (Fsp3) is 0.0833. The maximum absolute atomic E-state index is 12.7. The molecule has 3 aromatic rings. The summed E-state index contributed by atoms with van der Waals surface area (Å²) >= 11 is 0. The van der Waals surface area contributed by atoms with Crippen molar-refractivity contribution in [2.75, 3.05) is 17.2 Å². The standard InChI is InChI=1S/C24H21N5O6/c1-2-35-19-12-10-17(11-13-19)26-22(30)20-8-3-4-9-21(20)27-23(31)24(32)28-25-15-16-6-5-7-18(14-16)29(33)34/h3-15H,2H2,1H3,(H,26,30)(H,27,31)(H,28,32). The number of benzene rings is 3. The monoisotopic (exact) mass is 475 g/mol. The summed E-state index contributed by atoms with van der Waals surface area (Å²) < 4.78 is 5.37. The second kappa shape index (κ2) is 11.7. The molecule has 0 aliphatic rings. The predicted octanol–water partition coefficient (Wildman–Crippen LogP) is 3.33. The Morgan fingerprint density at radius 1 is 0.971 bits per heavy atom. The number of rotatable bonds is 8. The number of ether oxygens (including phenoxy) is 1. The Morgan fingerprint density at radius 3 is 2.43 bits per heavy atom. The van der Waals surface area contributed by atoms with E-state index in [1.165, 1.54) is 30.3 Å². The number of para-hydroxylation sites is 1. The molecule has 0 heterocycles. The van der Waals surface area contributed by atoms with Crippen LogP contribution in [0.1, 0.15) is 22.8 Å². The van der Waals surface area contributed by atoms with Crippen LogP contribution in [0.5, 0.6) is 5.75 Å². The second-order valence-corrected chi connectivity index (χ2v) is 6.96. The van der Waals surface area contributed by atoms with Gasteiger partial charge in [-0.05, 0) is 43.3 Å². The van der Waals surface area contributed by atoms with Crippen molar-refractivity contribution in [3.8, 4) is 5.75 Å². The van der Waals surface area contributed by atoms with Crippen molar-refractivity contribution in [2.24, 2.45) is 5.10 Å². The molecule has 0 aliphatic heterocycles. The van der Waals surface area contributed by atoms with Crippen molar-refractivity contribution in [3.05, 3.63) is 94.0 Å². The number of hydrogen-bond acceptors (Lipinski definition) is 7. The molecule has 0 radical (unpaired) electrons. The normalized spacial score (nSPS) is 10.4. The Hall–Kier alpha value is -5.06. The first-order valence-corrected chi connectivity index (χ1v) is 10.4. The highest BCUT2D eigenvalue weighted by atomic mass is 16.6. The van der Waals surface area contributed by atoms with Gasteiger partial charge < -0.3 is 15.4 Å². The lowest BCUT2D eigenvalue weighted by atomic mass is 10.1. The predicted molar refractivity (Wildman–Crippen MR) is 129 cm³/mol. The number of hydrogen-bond donors (Lipinski definition) is 3. The van der Waals surface area contributed by atoms with E-state index in [9.17, 15) is 24.5 Å². The fourth-order valence-electron chi connectivity index (χ4n) is 2.90. The first kappa shape index (κ1) is 24.6. The van der Waals surface area contributed by atoms with E-state index in [1.54, 1.807) is 42.5 Å². The average molecular weight is 475 g/mol.